The molecule has 95 valence electrons. The number of rotatable bonds is 7. The lowest BCUT2D eigenvalue weighted by Crippen LogP contribution is -2.03. The minimum absolute atomic E-state index is 0.588. The van der Waals surface area contributed by atoms with Gasteiger partial charge in [-0.1, -0.05) is 44.9 Å². The largest absolute Gasteiger partial charge is 0.228 e. The van der Waals surface area contributed by atoms with Gasteiger partial charge in [-0.05, 0) is 49.3 Å². The van der Waals surface area contributed by atoms with E-state index in [9.17, 15) is 5.11 Å². The minimum atomic E-state index is -0.588. The van der Waals surface area contributed by atoms with E-state index in [-0.39, 0.29) is 0 Å². The Morgan fingerprint density at radius 3 is 1.82 bits per heavy atom. The van der Waals surface area contributed by atoms with E-state index < -0.39 is 6.10 Å². The van der Waals surface area contributed by atoms with Crippen LogP contribution in [0.1, 0.15) is 69.2 Å². The first-order valence-electron chi connectivity index (χ1n) is 6.97. The summed E-state index contributed by atoms with van der Waals surface area (Å²) in [5.41, 5.74) is 3.64. The van der Waals surface area contributed by atoms with Gasteiger partial charge in [0.25, 0.3) is 0 Å². The van der Waals surface area contributed by atoms with Crippen LogP contribution in [-0.2, 0) is 17.9 Å². The number of hydrogen-bond acceptors (Lipinski definition) is 0. The molecule has 0 fully saturated rings. The topological polar surface area (TPSA) is 19.9 Å². The van der Waals surface area contributed by atoms with Crippen molar-refractivity contribution in [2.75, 3.05) is 0 Å². The first-order valence-corrected chi connectivity index (χ1v) is 6.97. The molecule has 1 rings (SSSR count). The van der Waals surface area contributed by atoms with E-state index in [1.54, 1.807) is 6.92 Å². The van der Waals surface area contributed by atoms with Crippen molar-refractivity contribution in [2.45, 2.75) is 65.4 Å². The number of unbranched alkanes of at least 4 members (excludes halogenated alkanes) is 2. The van der Waals surface area contributed by atoms with E-state index in [0.717, 1.165) is 18.4 Å². The highest BCUT2D eigenvalue weighted by molar-refractivity contribution is 5.37. The number of benzene rings is 1. The van der Waals surface area contributed by atoms with Crippen molar-refractivity contribution >= 4 is 0 Å². The Hall–Kier alpha value is -0.820. The summed E-state index contributed by atoms with van der Waals surface area (Å²) in [6.07, 6.45) is 6.25. The lowest BCUT2D eigenvalue weighted by molar-refractivity contribution is 0.105. The van der Waals surface area contributed by atoms with Gasteiger partial charge in [0.05, 0.1) is 0 Å². The van der Waals surface area contributed by atoms with Gasteiger partial charge in [0.15, 0.2) is 0 Å². The Labute approximate surface area is 106 Å². The van der Waals surface area contributed by atoms with Crippen LogP contribution in [0, 0.1) is 0 Å². The molecule has 0 aliphatic rings. The summed E-state index contributed by atoms with van der Waals surface area (Å²) in [6, 6.07) is 6.38. The molecule has 1 heteroatoms. The predicted octanol–water partition coefficient (Wildman–Crippen LogP) is 4.86. The zero-order valence-corrected chi connectivity index (χ0v) is 11.5. The van der Waals surface area contributed by atoms with Crippen LogP contribution in [0.2, 0.25) is 0 Å². The van der Waals surface area contributed by atoms with Crippen molar-refractivity contribution in [1.82, 2.24) is 0 Å². The zero-order valence-electron chi connectivity index (χ0n) is 11.5. The second-order valence-electron chi connectivity index (χ2n) is 4.84. The van der Waals surface area contributed by atoms with E-state index in [2.05, 4.69) is 32.0 Å². The van der Waals surface area contributed by atoms with E-state index in [0.29, 0.717) is 0 Å². The second kappa shape index (κ2) is 7.50. The van der Waals surface area contributed by atoms with E-state index >= 15 is 0 Å². The molecule has 0 saturated carbocycles. The summed E-state index contributed by atoms with van der Waals surface area (Å²) in [5, 5.41) is 11.9. The first-order chi connectivity index (χ1) is 8.20. The molecular weight excluding hydrogens is 208 g/mol. The third kappa shape index (κ3) is 4.16. The zero-order chi connectivity index (χ0) is 12.7. The third-order valence-corrected chi connectivity index (χ3v) is 3.29. The highest BCUT2D eigenvalue weighted by Gasteiger charge is 2.13. The van der Waals surface area contributed by atoms with E-state index in [4.69, 9.17) is 0 Å². The Morgan fingerprint density at radius 1 is 1.00 bits per heavy atom. The lowest BCUT2D eigenvalue weighted by atomic mass is 9.91. The molecule has 1 unspecified atom stereocenters. The third-order valence-electron chi connectivity index (χ3n) is 3.29. The standard InChI is InChI=1S/C16H25O/c1-4-6-9-14-11-8-12-15(10-7-5-2)16(14)13(3)17/h8,11-13H,4-7,9-10H2,1-3H3. The summed E-state index contributed by atoms with van der Waals surface area (Å²) in [7, 11) is 0. The number of hydrogen-bond donors (Lipinski definition) is 0. The van der Waals surface area contributed by atoms with Gasteiger partial charge in [-0.15, -0.1) is 0 Å². The van der Waals surface area contributed by atoms with Crippen LogP contribution in [0.25, 0.3) is 0 Å². The molecule has 0 heterocycles. The van der Waals surface area contributed by atoms with Crippen molar-refractivity contribution in [3.8, 4) is 0 Å². The van der Waals surface area contributed by atoms with Gasteiger partial charge in [-0.25, -0.2) is 5.11 Å². The molecule has 0 amide bonds. The summed E-state index contributed by atoms with van der Waals surface area (Å²) in [5.74, 6) is 0. The molecule has 1 aromatic rings. The fourth-order valence-corrected chi connectivity index (χ4v) is 2.36. The fraction of sp³-hybridized carbons (Fsp3) is 0.625. The average Bonchev–Trinajstić information content (AvgIpc) is 2.33. The minimum Gasteiger partial charge on any atom is -0.228 e. The van der Waals surface area contributed by atoms with Crippen molar-refractivity contribution in [3.05, 3.63) is 34.9 Å². The molecule has 17 heavy (non-hydrogen) atoms. The van der Waals surface area contributed by atoms with Crippen molar-refractivity contribution in [1.29, 1.82) is 0 Å². The normalized spacial score (nSPS) is 12.7. The molecule has 0 aromatic heterocycles. The van der Waals surface area contributed by atoms with Crippen LogP contribution < -0.4 is 0 Å². The summed E-state index contributed by atoms with van der Waals surface area (Å²) < 4.78 is 0. The molecule has 0 N–H and O–H groups in total. The monoisotopic (exact) mass is 233 g/mol. The smallest absolute Gasteiger partial charge is 0.116 e. The molecule has 1 nitrogen and oxygen atoms in total. The van der Waals surface area contributed by atoms with Crippen LogP contribution in [0.15, 0.2) is 18.2 Å². The highest BCUT2D eigenvalue weighted by atomic mass is 16.3. The SMILES string of the molecule is CCCCc1cccc(CCCC)c1C(C)[O]. The summed E-state index contributed by atoms with van der Waals surface area (Å²) in [6.45, 7) is 6.17. The van der Waals surface area contributed by atoms with Crippen molar-refractivity contribution < 1.29 is 5.11 Å². The lowest BCUT2D eigenvalue weighted by Gasteiger charge is -2.16. The molecule has 0 saturated heterocycles. The van der Waals surface area contributed by atoms with Gasteiger partial charge in [0.2, 0.25) is 0 Å². The van der Waals surface area contributed by atoms with Gasteiger partial charge in [0, 0.05) is 0 Å². The fourth-order valence-electron chi connectivity index (χ4n) is 2.36. The first kappa shape index (κ1) is 14.2. The van der Waals surface area contributed by atoms with Crippen molar-refractivity contribution in [2.24, 2.45) is 0 Å². The van der Waals surface area contributed by atoms with E-state index in [1.807, 2.05) is 0 Å². The van der Waals surface area contributed by atoms with Gasteiger partial charge in [0.1, 0.15) is 6.10 Å². The second-order valence-corrected chi connectivity index (χ2v) is 4.84. The molecule has 1 radical (unpaired) electrons. The Morgan fingerprint density at radius 2 is 1.47 bits per heavy atom. The molecule has 0 spiro atoms. The van der Waals surface area contributed by atoms with Crippen LogP contribution in [-0.4, -0.2) is 0 Å². The molecular formula is C16H25O. The van der Waals surface area contributed by atoms with Crippen molar-refractivity contribution in [3.63, 3.8) is 0 Å². The molecule has 1 atom stereocenters. The number of aryl methyl sites for hydroxylation is 2. The van der Waals surface area contributed by atoms with Gasteiger partial charge < -0.3 is 0 Å². The molecule has 1 aromatic carbocycles. The molecule has 0 aliphatic heterocycles. The van der Waals surface area contributed by atoms with Gasteiger partial charge in [-0.2, -0.15) is 0 Å². The summed E-state index contributed by atoms with van der Waals surface area (Å²) in [4.78, 5) is 0. The maximum Gasteiger partial charge on any atom is 0.116 e. The van der Waals surface area contributed by atoms with Crippen LogP contribution in [0.4, 0.5) is 0 Å². The molecule has 0 bridgehead atoms. The maximum absolute atomic E-state index is 11.9. The van der Waals surface area contributed by atoms with Gasteiger partial charge >= 0.3 is 0 Å². The van der Waals surface area contributed by atoms with Crippen LogP contribution in [0.5, 0.6) is 0 Å². The highest BCUT2D eigenvalue weighted by Crippen LogP contribution is 2.25. The maximum atomic E-state index is 11.9. The average molecular weight is 233 g/mol. The van der Waals surface area contributed by atoms with E-state index in [1.165, 1.54) is 36.8 Å². The Balaban J connectivity index is 2.95. The summed E-state index contributed by atoms with van der Waals surface area (Å²) >= 11 is 0. The quantitative estimate of drug-likeness (QED) is 0.640. The predicted molar refractivity (Wildman–Crippen MR) is 72.8 cm³/mol. The Bertz CT molecular complexity index is 302. The van der Waals surface area contributed by atoms with Gasteiger partial charge in [-0.3, -0.25) is 0 Å². The molecule has 0 aliphatic carbocycles. The van der Waals surface area contributed by atoms with Crippen LogP contribution >= 0.6 is 0 Å². The van der Waals surface area contributed by atoms with Crippen LogP contribution in [0.3, 0.4) is 0 Å². The Kier molecular flexibility index (Phi) is 6.28.